The minimum atomic E-state index is -4.56. The summed E-state index contributed by atoms with van der Waals surface area (Å²) in [5.74, 6) is -2.47. The number of carbonyl (C=O) groups is 4. The van der Waals surface area contributed by atoms with E-state index in [4.69, 9.17) is 5.21 Å². The van der Waals surface area contributed by atoms with Gasteiger partial charge in [-0.15, -0.1) is 0 Å². The number of unbranched alkanes of at least 4 members (excludes halogenated alkanes) is 2. The average Bonchev–Trinajstić information content (AvgIpc) is 3.18. The van der Waals surface area contributed by atoms with E-state index in [9.17, 15) is 32.3 Å². The normalized spacial score (nSPS) is 16.9. The van der Waals surface area contributed by atoms with Crippen LogP contribution in [-0.2, 0) is 25.4 Å². The molecule has 1 aromatic rings. The van der Waals surface area contributed by atoms with Crippen LogP contribution in [0.1, 0.15) is 56.9 Å². The number of nitrogens with one attached hydrogen (secondary N) is 3. The molecule has 8 nitrogen and oxygen atoms in total. The number of hydrogen-bond acceptors (Lipinski definition) is 5. The first-order chi connectivity index (χ1) is 15.1. The maximum absolute atomic E-state index is 12.9. The number of carbonyl (C=O) groups excluding carboxylic acids is 4. The van der Waals surface area contributed by atoms with Gasteiger partial charge >= 0.3 is 6.18 Å². The predicted octanol–water partition coefficient (Wildman–Crippen LogP) is 2.95. The number of hydrogen-bond donors (Lipinski definition) is 4. The second-order valence-corrected chi connectivity index (χ2v) is 7.73. The third kappa shape index (κ3) is 7.95. The van der Waals surface area contributed by atoms with Gasteiger partial charge in [0.05, 0.1) is 11.6 Å². The summed E-state index contributed by atoms with van der Waals surface area (Å²) in [5, 5.41) is 13.5. The van der Waals surface area contributed by atoms with Crippen LogP contribution < -0.4 is 16.1 Å². The zero-order valence-corrected chi connectivity index (χ0v) is 17.3. The topological polar surface area (TPSA) is 125 Å². The molecule has 2 rings (SSSR count). The van der Waals surface area contributed by atoms with Crippen molar-refractivity contribution in [2.45, 2.75) is 63.6 Å². The fraction of sp³-hybridized carbons (Fsp3) is 0.524. The van der Waals surface area contributed by atoms with Gasteiger partial charge in [0.25, 0.3) is 0 Å². The quantitative estimate of drug-likeness (QED) is 0.231. The van der Waals surface area contributed by atoms with Crippen molar-refractivity contribution in [3.05, 3.63) is 29.8 Å². The maximum atomic E-state index is 12.9. The van der Waals surface area contributed by atoms with Crippen molar-refractivity contribution in [2.75, 3.05) is 5.32 Å². The Morgan fingerprint density at radius 2 is 1.94 bits per heavy atom. The van der Waals surface area contributed by atoms with Crippen LogP contribution in [0, 0.1) is 5.92 Å². The van der Waals surface area contributed by atoms with Crippen LogP contribution >= 0.6 is 0 Å². The summed E-state index contributed by atoms with van der Waals surface area (Å²) in [7, 11) is 0. The number of ketones is 1. The van der Waals surface area contributed by atoms with Crippen LogP contribution in [-0.4, -0.2) is 34.8 Å². The number of amides is 3. The zero-order chi connectivity index (χ0) is 23.7. The summed E-state index contributed by atoms with van der Waals surface area (Å²) in [6, 6.07) is 3.55. The van der Waals surface area contributed by atoms with Gasteiger partial charge in [0, 0.05) is 30.9 Å². The fourth-order valence-corrected chi connectivity index (χ4v) is 3.49. The van der Waals surface area contributed by atoms with E-state index in [1.807, 2.05) is 0 Å². The number of alkyl halides is 3. The van der Waals surface area contributed by atoms with Crippen LogP contribution in [0.4, 0.5) is 18.9 Å². The standard InChI is InChI=1S/C21H26F3N3O5/c22-21(23,24)14-6-4-7-15(12-14)25-20(31)13(5-2-1-3-8-19(30)27-32)11-17(28)16-9-10-18(29)26-16/h4,6-7,12-13,16,32H,1-3,5,8-11H2,(H,25,31)(H,26,29)(H,27,30)/t13-,16-/m1/s1. The number of Topliss-reactive ketones (excluding diaryl/α,β-unsaturated/α-hetero) is 1. The number of halogens is 3. The van der Waals surface area contributed by atoms with Gasteiger partial charge in [0.1, 0.15) is 0 Å². The Labute approximate surface area is 182 Å². The minimum Gasteiger partial charge on any atom is -0.346 e. The molecule has 32 heavy (non-hydrogen) atoms. The molecular weight excluding hydrogens is 431 g/mol. The van der Waals surface area contributed by atoms with Crippen molar-refractivity contribution in [1.82, 2.24) is 10.8 Å². The summed E-state index contributed by atoms with van der Waals surface area (Å²) in [5.41, 5.74) is 0.589. The highest BCUT2D eigenvalue weighted by molar-refractivity contribution is 5.98. The molecule has 0 spiro atoms. The molecule has 0 aromatic heterocycles. The highest BCUT2D eigenvalue weighted by Gasteiger charge is 2.32. The second kappa shape index (κ2) is 11.6. The van der Waals surface area contributed by atoms with E-state index in [-0.39, 0.29) is 43.1 Å². The number of anilines is 1. The summed E-state index contributed by atoms with van der Waals surface area (Å²) in [6.45, 7) is 0. The van der Waals surface area contributed by atoms with Gasteiger partial charge in [0.2, 0.25) is 17.7 Å². The molecular formula is C21H26F3N3O5. The van der Waals surface area contributed by atoms with Crippen LogP contribution in [0.25, 0.3) is 0 Å². The van der Waals surface area contributed by atoms with E-state index < -0.39 is 35.5 Å². The molecule has 11 heteroatoms. The first-order valence-electron chi connectivity index (χ1n) is 10.3. The highest BCUT2D eigenvalue weighted by atomic mass is 19.4. The van der Waals surface area contributed by atoms with Crippen molar-refractivity contribution in [1.29, 1.82) is 0 Å². The van der Waals surface area contributed by atoms with Gasteiger partial charge in [-0.2, -0.15) is 13.2 Å². The Hall–Kier alpha value is -2.95. The molecule has 1 heterocycles. The molecule has 0 bridgehead atoms. The van der Waals surface area contributed by atoms with Crippen molar-refractivity contribution >= 4 is 29.2 Å². The molecule has 0 unspecified atom stereocenters. The van der Waals surface area contributed by atoms with Crippen molar-refractivity contribution in [3.8, 4) is 0 Å². The highest BCUT2D eigenvalue weighted by Crippen LogP contribution is 2.31. The number of benzene rings is 1. The lowest BCUT2D eigenvalue weighted by molar-refractivity contribution is -0.137. The van der Waals surface area contributed by atoms with Crippen molar-refractivity contribution in [3.63, 3.8) is 0 Å². The van der Waals surface area contributed by atoms with Crippen LogP contribution in [0.2, 0.25) is 0 Å². The number of rotatable bonds is 11. The first-order valence-corrected chi connectivity index (χ1v) is 10.3. The average molecular weight is 457 g/mol. The molecule has 2 atom stereocenters. The smallest absolute Gasteiger partial charge is 0.346 e. The first kappa shape index (κ1) is 25.3. The van der Waals surface area contributed by atoms with E-state index in [2.05, 4.69) is 10.6 Å². The second-order valence-electron chi connectivity index (χ2n) is 7.73. The van der Waals surface area contributed by atoms with Gasteiger partial charge in [-0.3, -0.25) is 24.4 Å². The third-order valence-corrected chi connectivity index (χ3v) is 5.24. The van der Waals surface area contributed by atoms with Gasteiger partial charge in [0.15, 0.2) is 5.78 Å². The molecule has 3 amide bonds. The molecule has 0 saturated carbocycles. The SMILES string of the molecule is O=C(CCCCC[C@H](CC(=O)[C@H]1CCC(=O)N1)C(=O)Nc1cccc(C(F)(F)F)c1)NO. The fourth-order valence-electron chi connectivity index (χ4n) is 3.49. The summed E-state index contributed by atoms with van der Waals surface area (Å²) >= 11 is 0. The summed E-state index contributed by atoms with van der Waals surface area (Å²) < 4.78 is 38.8. The molecule has 1 aromatic carbocycles. The van der Waals surface area contributed by atoms with Gasteiger partial charge in [-0.25, -0.2) is 5.48 Å². The molecule has 176 valence electrons. The Morgan fingerprint density at radius 3 is 2.56 bits per heavy atom. The van der Waals surface area contributed by atoms with Gasteiger partial charge < -0.3 is 10.6 Å². The number of hydroxylamine groups is 1. The van der Waals surface area contributed by atoms with E-state index in [1.54, 1.807) is 0 Å². The Balaban J connectivity index is 2.01. The van der Waals surface area contributed by atoms with E-state index in [0.717, 1.165) is 12.1 Å². The Kier molecular flexibility index (Phi) is 9.18. The van der Waals surface area contributed by atoms with Crippen LogP contribution in [0.15, 0.2) is 24.3 Å². The summed E-state index contributed by atoms with van der Waals surface area (Å²) in [6.07, 6.45) is -2.27. The lowest BCUT2D eigenvalue weighted by Gasteiger charge is -2.19. The Bertz CT molecular complexity index is 844. The molecule has 1 aliphatic rings. The molecule has 4 N–H and O–H groups in total. The monoisotopic (exact) mass is 457 g/mol. The van der Waals surface area contributed by atoms with E-state index >= 15 is 0 Å². The maximum Gasteiger partial charge on any atom is 0.416 e. The van der Waals surface area contributed by atoms with Gasteiger partial charge in [-0.1, -0.05) is 18.9 Å². The van der Waals surface area contributed by atoms with Crippen LogP contribution in [0.5, 0.6) is 0 Å². The molecule has 0 radical (unpaired) electrons. The molecule has 1 saturated heterocycles. The summed E-state index contributed by atoms with van der Waals surface area (Å²) in [4.78, 5) is 47.7. The van der Waals surface area contributed by atoms with Crippen LogP contribution in [0.3, 0.4) is 0 Å². The predicted molar refractivity (Wildman–Crippen MR) is 107 cm³/mol. The Morgan fingerprint density at radius 1 is 1.19 bits per heavy atom. The minimum absolute atomic E-state index is 0.0314. The largest absolute Gasteiger partial charge is 0.416 e. The van der Waals surface area contributed by atoms with E-state index in [1.165, 1.54) is 17.6 Å². The van der Waals surface area contributed by atoms with Gasteiger partial charge in [-0.05, 0) is 37.5 Å². The van der Waals surface area contributed by atoms with E-state index in [0.29, 0.717) is 25.7 Å². The zero-order valence-electron chi connectivity index (χ0n) is 17.3. The lowest BCUT2D eigenvalue weighted by atomic mass is 9.91. The van der Waals surface area contributed by atoms with Crippen molar-refractivity contribution in [2.24, 2.45) is 5.92 Å². The molecule has 1 aliphatic heterocycles. The molecule has 1 fully saturated rings. The molecule has 0 aliphatic carbocycles. The third-order valence-electron chi connectivity index (χ3n) is 5.24. The lowest BCUT2D eigenvalue weighted by Crippen LogP contribution is -2.36. The van der Waals surface area contributed by atoms with Crippen molar-refractivity contribution < 1.29 is 37.6 Å².